The van der Waals surface area contributed by atoms with Gasteiger partial charge in [0.25, 0.3) is 0 Å². The summed E-state index contributed by atoms with van der Waals surface area (Å²) in [5.74, 6) is 0.690. The first-order valence-electron chi connectivity index (χ1n) is 10.8. The minimum atomic E-state index is -0.209. The molecule has 3 rings (SSSR count). The average Bonchev–Trinajstić information content (AvgIpc) is 2.76. The molecule has 2 saturated heterocycles. The number of nitrogens with one attached hydrogen (secondary N) is 2. The molecule has 0 aliphatic carbocycles. The molecule has 1 aromatic rings. The molecule has 2 heterocycles. The number of hydrogen-bond donors (Lipinski definition) is 2. The third kappa shape index (κ3) is 6.66. The molecule has 0 amide bonds. The van der Waals surface area contributed by atoms with E-state index in [4.69, 9.17) is 14.5 Å². The standard InChI is InChI=1S/C22H35FN4O2/c1-3-24-21(25-17-22(28-2)10-14-29-15-11-22)26-20-8-12-27(13-9-20)16-18-4-6-19(23)7-5-18/h4-7,20H,3,8-17H2,1-2H3,(H2,24,25,26). The smallest absolute Gasteiger partial charge is 0.191 e. The van der Waals surface area contributed by atoms with E-state index in [0.717, 1.165) is 76.6 Å². The molecule has 0 atom stereocenters. The fourth-order valence-electron chi connectivity index (χ4n) is 3.99. The summed E-state index contributed by atoms with van der Waals surface area (Å²) in [5.41, 5.74) is 0.952. The van der Waals surface area contributed by atoms with Crippen molar-refractivity contribution in [3.63, 3.8) is 0 Å². The summed E-state index contributed by atoms with van der Waals surface area (Å²) < 4.78 is 24.4. The lowest BCUT2D eigenvalue weighted by Gasteiger charge is -2.35. The zero-order valence-corrected chi connectivity index (χ0v) is 17.8. The van der Waals surface area contributed by atoms with E-state index >= 15 is 0 Å². The Bertz CT molecular complexity index is 639. The number of ether oxygens (including phenoxy) is 2. The maximum atomic E-state index is 13.1. The number of guanidine groups is 1. The number of hydrogen-bond acceptors (Lipinski definition) is 4. The molecular formula is C22H35FN4O2. The van der Waals surface area contributed by atoms with Gasteiger partial charge in [-0.25, -0.2) is 4.39 Å². The first-order chi connectivity index (χ1) is 14.1. The second-order valence-electron chi connectivity index (χ2n) is 8.02. The van der Waals surface area contributed by atoms with Gasteiger partial charge < -0.3 is 20.1 Å². The number of likely N-dealkylation sites (tertiary alicyclic amines) is 1. The van der Waals surface area contributed by atoms with E-state index < -0.39 is 0 Å². The molecule has 162 valence electrons. The monoisotopic (exact) mass is 406 g/mol. The van der Waals surface area contributed by atoms with Crippen molar-refractivity contribution in [3.05, 3.63) is 35.6 Å². The predicted molar refractivity (Wildman–Crippen MR) is 114 cm³/mol. The van der Waals surface area contributed by atoms with Gasteiger partial charge in [-0.1, -0.05) is 12.1 Å². The van der Waals surface area contributed by atoms with Crippen molar-refractivity contribution in [1.29, 1.82) is 0 Å². The van der Waals surface area contributed by atoms with Gasteiger partial charge in [-0.2, -0.15) is 0 Å². The fraction of sp³-hybridized carbons (Fsp3) is 0.682. The van der Waals surface area contributed by atoms with Gasteiger partial charge in [-0.15, -0.1) is 0 Å². The minimum Gasteiger partial charge on any atom is -0.381 e. The molecule has 2 N–H and O–H groups in total. The lowest BCUT2D eigenvalue weighted by Crippen LogP contribution is -2.49. The van der Waals surface area contributed by atoms with Crippen molar-refractivity contribution in [2.24, 2.45) is 4.99 Å². The number of halogens is 1. The van der Waals surface area contributed by atoms with Crippen LogP contribution in [-0.2, 0) is 16.0 Å². The normalized spacial score (nSPS) is 21.1. The third-order valence-electron chi connectivity index (χ3n) is 5.95. The molecule has 0 radical (unpaired) electrons. The Morgan fingerprint density at radius 3 is 2.55 bits per heavy atom. The number of aliphatic imine (C=N–C) groups is 1. The molecule has 2 aliphatic heterocycles. The zero-order valence-electron chi connectivity index (χ0n) is 17.8. The van der Waals surface area contributed by atoms with Crippen LogP contribution in [0.15, 0.2) is 29.3 Å². The van der Waals surface area contributed by atoms with Gasteiger partial charge >= 0.3 is 0 Å². The molecule has 2 fully saturated rings. The second-order valence-corrected chi connectivity index (χ2v) is 8.02. The van der Waals surface area contributed by atoms with Crippen LogP contribution in [0, 0.1) is 5.82 Å². The Morgan fingerprint density at radius 2 is 1.93 bits per heavy atom. The average molecular weight is 407 g/mol. The van der Waals surface area contributed by atoms with E-state index in [1.54, 1.807) is 7.11 Å². The van der Waals surface area contributed by atoms with Crippen molar-refractivity contribution in [3.8, 4) is 0 Å². The summed E-state index contributed by atoms with van der Waals surface area (Å²) in [6.45, 7) is 7.95. The first kappa shape index (κ1) is 22.0. The summed E-state index contributed by atoms with van der Waals surface area (Å²) >= 11 is 0. The Labute approximate surface area is 173 Å². The van der Waals surface area contributed by atoms with E-state index in [0.29, 0.717) is 12.6 Å². The quantitative estimate of drug-likeness (QED) is 0.538. The van der Waals surface area contributed by atoms with Gasteiger partial charge in [0.15, 0.2) is 5.96 Å². The van der Waals surface area contributed by atoms with Crippen LogP contribution in [0.2, 0.25) is 0 Å². The van der Waals surface area contributed by atoms with Gasteiger partial charge in [0.05, 0.1) is 12.1 Å². The van der Waals surface area contributed by atoms with Crippen LogP contribution in [0.1, 0.15) is 38.2 Å². The summed E-state index contributed by atoms with van der Waals surface area (Å²) in [4.78, 5) is 7.26. The van der Waals surface area contributed by atoms with E-state index in [1.807, 2.05) is 12.1 Å². The molecule has 1 aromatic carbocycles. The maximum Gasteiger partial charge on any atom is 0.191 e. The highest BCUT2D eigenvalue weighted by Crippen LogP contribution is 2.24. The van der Waals surface area contributed by atoms with Crippen LogP contribution in [0.4, 0.5) is 4.39 Å². The number of rotatable bonds is 7. The van der Waals surface area contributed by atoms with Crippen LogP contribution in [-0.4, -0.2) is 69.0 Å². The highest BCUT2D eigenvalue weighted by atomic mass is 19.1. The van der Waals surface area contributed by atoms with Gasteiger partial charge in [0, 0.05) is 65.4 Å². The molecule has 0 unspecified atom stereocenters. The molecule has 7 heteroatoms. The first-order valence-corrected chi connectivity index (χ1v) is 10.8. The maximum absolute atomic E-state index is 13.1. The highest BCUT2D eigenvalue weighted by Gasteiger charge is 2.32. The molecular weight excluding hydrogens is 371 g/mol. The summed E-state index contributed by atoms with van der Waals surface area (Å²) in [5, 5.41) is 6.98. The molecule has 0 spiro atoms. The van der Waals surface area contributed by atoms with E-state index in [2.05, 4.69) is 22.5 Å². The number of methoxy groups -OCH3 is 1. The summed E-state index contributed by atoms with van der Waals surface area (Å²) in [6.07, 6.45) is 3.89. The number of benzene rings is 1. The lowest BCUT2D eigenvalue weighted by molar-refractivity contribution is -0.0828. The van der Waals surface area contributed by atoms with Crippen molar-refractivity contribution in [2.45, 2.75) is 50.8 Å². The molecule has 6 nitrogen and oxygen atoms in total. The zero-order chi connectivity index (χ0) is 20.5. The molecule has 2 aliphatic rings. The number of piperidine rings is 1. The van der Waals surface area contributed by atoms with Crippen molar-refractivity contribution >= 4 is 5.96 Å². The van der Waals surface area contributed by atoms with Crippen LogP contribution in [0.5, 0.6) is 0 Å². The largest absolute Gasteiger partial charge is 0.381 e. The minimum absolute atomic E-state index is 0.178. The van der Waals surface area contributed by atoms with Crippen LogP contribution >= 0.6 is 0 Å². The van der Waals surface area contributed by atoms with E-state index in [1.165, 1.54) is 12.1 Å². The van der Waals surface area contributed by atoms with Crippen molar-refractivity contribution < 1.29 is 13.9 Å². The van der Waals surface area contributed by atoms with Crippen LogP contribution in [0.25, 0.3) is 0 Å². The summed E-state index contributed by atoms with van der Waals surface area (Å²) in [7, 11) is 1.78. The van der Waals surface area contributed by atoms with Gasteiger partial charge in [-0.3, -0.25) is 9.89 Å². The van der Waals surface area contributed by atoms with Crippen molar-refractivity contribution in [2.75, 3.05) is 46.5 Å². The van der Waals surface area contributed by atoms with Crippen molar-refractivity contribution in [1.82, 2.24) is 15.5 Å². The molecule has 29 heavy (non-hydrogen) atoms. The van der Waals surface area contributed by atoms with E-state index in [9.17, 15) is 4.39 Å². The molecule has 0 saturated carbocycles. The fourth-order valence-corrected chi connectivity index (χ4v) is 3.99. The Kier molecular flexibility index (Phi) is 8.27. The van der Waals surface area contributed by atoms with E-state index in [-0.39, 0.29) is 11.4 Å². The van der Waals surface area contributed by atoms with Crippen LogP contribution < -0.4 is 10.6 Å². The predicted octanol–water partition coefficient (Wildman–Crippen LogP) is 2.54. The highest BCUT2D eigenvalue weighted by molar-refractivity contribution is 5.80. The Hall–Kier alpha value is -1.70. The lowest BCUT2D eigenvalue weighted by atomic mass is 9.94. The van der Waals surface area contributed by atoms with Gasteiger partial charge in [-0.05, 0) is 37.5 Å². The topological polar surface area (TPSA) is 58.1 Å². The third-order valence-corrected chi connectivity index (χ3v) is 5.95. The second kappa shape index (κ2) is 10.9. The molecule has 0 bridgehead atoms. The Morgan fingerprint density at radius 1 is 1.24 bits per heavy atom. The van der Waals surface area contributed by atoms with Gasteiger partial charge in [0.2, 0.25) is 0 Å². The SMILES string of the molecule is CCNC(=NCC1(OC)CCOCC1)NC1CCN(Cc2ccc(F)cc2)CC1. The number of nitrogens with zero attached hydrogens (tertiary/aromatic N) is 2. The van der Waals surface area contributed by atoms with Crippen LogP contribution in [0.3, 0.4) is 0 Å². The molecule has 0 aromatic heterocycles. The Balaban J connectivity index is 1.49. The van der Waals surface area contributed by atoms with Gasteiger partial charge in [0.1, 0.15) is 5.82 Å². The summed E-state index contributed by atoms with van der Waals surface area (Å²) in [6, 6.07) is 7.22.